The molecule has 156 valence electrons. The highest BCUT2D eigenvalue weighted by Gasteiger charge is 2.18. The Bertz CT molecular complexity index is 749. The van der Waals surface area contributed by atoms with Crippen molar-refractivity contribution in [2.24, 2.45) is 0 Å². The van der Waals surface area contributed by atoms with E-state index in [1.54, 1.807) is 0 Å². The van der Waals surface area contributed by atoms with Gasteiger partial charge in [-0.25, -0.2) is 0 Å². The summed E-state index contributed by atoms with van der Waals surface area (Å²) in [7, 11) is 0. The molecule has 6 heteroatoms. The lowest BCUT2D eigenvalue weighted by Gasteiger charge is -2.34. The van der Waals surface area contributed by atoms with Crippen molar-refractivity contribution in [1.29, 1.82) is 0 Å². The van der Waals surface area contributed by atoms with E-state index in [1.165, 1.54) is 5.56 Å². The fourth-order valence-electron chi connectivity index (χ4n) is 3.44. The summed E-state index contributed by atoms with van der Waals surface area (Å²) < 4.78 is 5.77. The standard InChI is InChI=1S/C23H30ClN3O2/c24-21-10-4-5-11-22(21)29-18-17-26-13-15-27(16-14-26)19-23(28)25-12-6-9-20-7-2-1-3-8-20/h1-5,7-8,10-11H,6,9,12-19H2,(H,25,28). The summed E-state index contributed by atoms with van der Waals surface area (Å²) in [4.78, 5) is 16.8. The highest BCUT2D eigenvalue weighted by molar-refractivity contribution is 6.32. The number of aryl methyl sites for hydroxylation is 1. The largest absolute Gasteiger partial charge is 0.491 e. The minimum atomic E-state index is 0.119. The minimum Gasteiger partial charge on any atom is -0.491 e. The van der Waals surface area contributed by atoms with Crippen LogP contribution in [-0.4, -0.2) is 68.1 Å². The molecule has 3 rings (SSSR count). The lowest BCUT2D eigenvalue weighted by atomic mass is 10.1. The number of piperazine rings is 1. The van der Waals surface area contributed by atoms with E-state index in [0.29, 0.717) is 18.2 Å². The SMILES string of the molecule is O=C(CN1CCN(CCOc2ccccc2Cl)CC1)NCCCc1ccccc1. The van der Waals surface area contributed by atoms with E-state index in [1.807, 2.05) is 30.3 Å². The molecule has 0 saturated carbocycles. The zero-order valence-corrected chi connectivity index (χ0v) is 17.6. The van der Waals surface area contributed by atoms with Crippen LogP contribution in [0.4, 0.5) is 0 Å². The minimum absolute atomic E-state index is 0.119. The van der Waals surface area contributed by atoms with Crippen LogP contribution in [0.3, 0.4) is 0 Å². The summed E-state index contributed by atoms with van der Waals surface area (Å²) in [5, 5.41) is 3.69. The summed E-state index contributed by atoms with van der Waals surface area (Å²) >= 11 is 6.11. The molecule has 1 saturated heterocycles. The van der Waals surface area contributed by atoms with E-state index >= 15 is 0 Å². The molecule has 0 aliphatic carbocycles. The average molecular weight is 416 g/mol. The number of hydrogen-bond acceptors (Lipinski definition) is 4. The quantitative estimate of drug-likeness (QED) is 0.606. The van der Waals surface area contributed by atoms with Crippen LogP contribution in [0.15, 0.2) is 54.6 Å². The zero-order valence-electron chi connectivity index (χ0n) is 16.9. The summed E-state index contributed by atoms with van der Waals surface area (Å²) in [6.07, 6.45) is 1.96. The van der Waals surface area contributed by atoms with Crippen LogP contribution in [0.25, 0.3) is 0 Å². The molecule has 0 atom stereocenters. The predicted molar refractivity (Wildman–Crippen MR) is 118 cm³/mol. The Hall–Kier alpha value is -2.08. The Labute approximate surface area is 178 Å². The second-order valence-electron chi connectivity index (χ2n) is 7.34. The second-order valence-corrected chi connectivity index (χ2v) is 7.74. The maximum absolute atomic E-state index is 12.2. The first-order valence-corrected chi connectivity index (χ1v) is 10.7. The summed E-state index contributed by atoms with van der Waals surface area (Å²) in [6, 6.07) is 17.9. The van der Waals surface area contributed by atoms with Crippen molar-refractivity contribution in [3.8, 4) is 5.75 Å². The van der Waals surface area contributed by atoms with Gasteiger partial charge in [-0.2, -0.15) is 0 Å². The van der Waals surface area contributed by atoms with Gasteiger partial charge in [0.2, 0.25) is 5.91 Å². The molecule has 1 fully saturated rings. The van der Waals surface area contributed by atoms with Crippen LogP contribution in [0, 0.1) is 0 Å². The van der Waals surface area contributed by atoms with Gasteiger partial charge in [0, 0.05) is 39.3 Å². The molecule has 29 heavy (non-hydrogen) atoms. The van der Waals surface area contributed by atoms with E-state index in [4.69, 9.17) is 16.3 Å². The van der Waals surface area contributed by atoms with Crippen molar-refractivity contribution in [3.63, 3.8) is 0 Å². The van der Waals surface area contributed by atoms with Crippen LogP contribution in [0.5, 0.6) is 5.75 Å². The molecular weight excluding hydrogens is 386 g/mol. The van der Waals surface area contributed by atoms with Gasteiger partial charge in [-0.15, -0.1) is 0 Å². The van der Waals surface area contributed by atoms with Crippen LogP contribution in [-0.2, 0) is 11.2 Å². The number of carbonyl (C=O) groups is 1. The third kappa shape index (κ3) is 7.69. The van der Waals surface area contributed by atoms with Gasteiger partial charge in [0.15, 0.2) is 0 Å². The molecule has 1 aliphatic heterocycles. The molecule has 0 spiro atoms. The maximum atomic E-state index is 12.2. The van der Waals surface area contributed by atoms with E-state index < -0.39 is 0 Å². The molecule has 1 aliphatic rings. The fraction of sp³-hybridized carbons (Fsp3) is 0.435. The smallest absolute Gasteiger partial charge is 0.234 e. The van der Waals surface area contributed by atoms with Gasteiger partial charge in [0.25, 0.3) is 0 Å². The Balaban J connectivity index is 1.24. The van der Waals surface area contributed by atoms with Crippen LogP contribution in [0.2, 0.25) is 5.02 Å². The van der Waals surface area contributed by atoms with E-state index in [2.05, 4.69) is 39.4 Å². The molecule has 2 aromatic carbocycles. The van der Waals surface area contributed by atoms with Gasteiger partial charge in [0.05, 0.1) is 11.6 Å². The molecule has 2 aromatic rings. The van der Waals surface area contributed by atoms with Crippen LogP contribution < -0.4 is 10.1 Å². The summed E-state index contributed by atoms with van der Waals surface area (Å²) in [5.74, 6) is 0.852. The van der Waals surface area contributed by atoms with E-state index in [9.17, 15) is 4.79 Å². The Morgan fingerprint density at radius 2 is 1.66 bits per heavy atom. The van der Waals surface area contributed by atoms with Crippen LogP contribution in [0.1, 0.15) is 12.0 Å². The number of amides is 1. The number of ether oxygens (including phenoxy) is 1. The lowest BCUT2D eigenvalue weighted by molar-refractivity contribution is -0.122. The first-order chi connectivity index (χ1) is 14.2. The van der Waals surface area contributed by atoms with Gasteiger partial charge >= 0.3 is 0 Å². The summed E-state index contributed by atoms with van der Waals surface area (Å²) in [5.41, 5.74) is 1.32. The average Bonchev–Trinajstić information content (AvgIpc) is 2.75. The Morgan fingerprint density at radius 1 is 0.966 bits per heavy atom. The number of nitrogens with one attached hydrogen (secondary N) is 1. The lowest BCUT2D eigenvalue weighted by Crippen LogP contribution is -2.50. The van der Waals surface area contributed by atoms with Gasteiger partial charge < -0.3 is 10.1 Å². The van der Waals surface area contributed by atoms with Crippen molar-refractivity contribution >= 4 is 17.5 Å². The van der Waals surface area contributed by atoms with Gasteiger partial charge in [-0.05, 0) is 30.5 Å². The third-order valence-electron chi connectivity index (χ3n) is 5.14. The number of hydrogen-bond donors (Lipinski definition) is 1. The van der Waals surface area contributed by atoms with Crippen molar-refractivity contribution in [2.75, 3.05) is 52.4 Å². The van der Waals surface area contributed by atoms with Crippen molar-refractivity contribution in [3.05, 3.63) is 65.2 Å². The monoisotopic (exact) mass is 415 g/mol. The molecule has 0 radical (unpaired) electrons. The summed E-state index contributed by atoms with van der Waals surface area (Å²) in [6.45, 7) is 6.41. The first-order valence-electron chi connectivity index (χ1n) is 10.3. The zero-order chi connectivity index (χ0) is 20.3. The first kappa shape index (κ1) is 21.6. The van der Waals surface area contributed by atoms with Crippen molar-refractivity contribution in [1.82, 2.24) is 15.1 Å². The van der Waals surface area contributed by atoms with E-state index in [-0.39, 0.29) is 5.91 Å². The highest BCUT2D eigenvalue weighted by Crippen LogP contribution is 2.22. The molecule has 1 N–H and O–H groups in total. The highest BCUT2D eigenvalue weighted by atomic mass is 35.5. The number of carbonyl (C=O) groups excluding carboxylic acids is 1. The maximum Gasteiger partial charge on any atom is 0.234 e. The number of benzene rings is 2. The third-order valence-corrected chi connectivity index (χ3v) is 5.45. The normalized spacial score (nSPS) is 15.2. The predicted octanol–water partition coefficient (Wildman–Crippen LogP) is 3.09. The van der Waals surface area contributed by atoms with Crippen molar-refractivity contribution < 1.29 is 9.53 Å². The van der Waals surface area contributed by atoms with E-state index in [0.717, 1.165) is 57.9 Å². The van der Waals surface area contributed by atoms with Gasteiger partial charge in [-0.1, -0.05) is 54.1 Å². The van der Waals surface area contributed by atoms with Gasteiger partial charge in [-0.3, -0.25) is 14.6 Å². The molecule has 0 unspecified atom stereocenters. The molecule has 1 heterocycles. The van der Waals surface area contributed by atoms with Gasteiger partial charge in [0.1, 0.15) is 12.4 Å². The molecule has 1 amide bonds. The van der Waals surface area contributed by atoms with Crippen LogP contribution >= 0.6 is 11.6 Å². The topological polar surface area (TPSA) is 44.8 Å². The molecular formula is C23H30ClN3O2. The molecule has 0 aromatic heterocycles. The number of nitrogens with zero attached hydrogens (tertiary/aromatic N) is 2. The van der Waals surface area contributed by atoms with Crippen molar-refractivity contribution in [2.45, 2.75) is 12.8 Å². The fourth-order valence-corrected chi connectivity index (χ4v) is 3.63. The Kier molecular flexibility index (Phi) is 8.81. The molecule has 0 bridgehead atoms. The number of rotatable bonds is 10. The number of halogens is 1. The second kappa shape index (κ2) is 11.8. The molecule has 5 nitrogen and oxygen atoms in total. The Morgan fingerprint density at radius 3 is 2.41 bits per heavy atom. The number of para-hydroxylation sites is 1.